The molecule has 0 aliphatic carbocycles. The van der Waals surface area contributed by atoms with Crippen LogP contribution in [-0.4, -0.2) is 42.4 Å². The van der Waals surface area contributed by atoms with Crippen molar-refractivity contribution in [1.82, 2.24) is 10.6 Å². The molecule has 1 unspecified atom stereocenters. The van der Waals surface area contributed by atoms with E-state index < -0.39 is 10.8 Å². The van der Waals surface area contributed by atoms with E-state index in [-0.39, 0.29) is 36.2 Å². The van der Waals surface area contributed by atoms with Crippen molar-refractivity contribution in [2.45, 2.75) is 45.6 Å². The molecule has 2 amide bonds. The van der Waals surface area contributed by atoms with Gasteiger partial charge in [0.15, 0.2) is 0 Å². The first kappa shape index (κ1) is 19.7. The minimum Gasteiger partial charge on any atom is -0.371 e. The molecule has 0 saturated carbocycles. The summed E-state index contributed by atoms with van der Waals surface area (Å²) in [6.07, 6.45) is 3.08. The predicted molar refractivity (Wildman–Crippen MR) is 99.4 cm³/mol. The summed E-state index contributed by atoms with van der Waals surface area (Å²) in [6.45, 7) is 5.74. The molecule has 1 saturated heterocycles. The molecule has 1 aromatic rings. The summed E-state index contributed by atoms with van der Waals surface area (Å²) >= 11 is 0. The van der Waals surface area contributed by atoms with Crippen molar-refractivity contribution in [3.63, 3.8) is 0 Å². The van der Waals surface area contributed by atoms with E-state index in [1.165, 1.54) is 12.1 Å². The van der Waals surface area contributed by atoms with Gasteiger partial charge in [0.2, 0.25) is 5.91 Å². The molecule has 8 heteroatoms. The average Bonchev–Trinajstić information content (AvgIpc) is 3.15. The molecule has 142 valence electrons. The van der Waals surface area contributed by atoms with Crippen molar-refractivity contribution in [1.29, 1.82) is 0 Å². The van der Waals surface area contributed by atoms with Crippen LogP contribution < -0.4 is 15.5 Å². The van der Waals surface area contributed by atoms with Crippen LogP contribution in [0.4, 0.5) is 11.4 Å². The summed E-state index contributed by atoms with van der Waals surface area (Å²) in [6, 6.07) is 4.46. The lowest BCUT2D eigenvalue weighted by Crippen LogP contribution is -2.35. The van der Waals surface area contributed by atoms with Crippen molar-refractivity contribution < 1.29 is 14.5 Å². The van der Waals surface area contributed by atoms with Crippen LogP contribution in [0.25, 0.3) is 0 Å². The maximum Gasteiger partial charge on any atom is 0.270 e. The fourth-order valence-electron chi connectivity index (χ4n) is 2.89. The van der Waals surface area contributed by atoms with Crippen LogP contribution in [0.3, 0.4) is 0 Å². The maximum atomic E-state index is 12.6. The van der Waals surface area contributed by atoms with Gasteiger partial charge in [-0.3, -0.25) is 19.7 Å². The molecule has 8 nitrogen and oxygen atoms in total. The topological polar surface area (TPSA) is 105 Å². The number of carbonyl (C=O) groups is 2. The molecule has 1 atom stereocenters. The standard InChI is InChI=1S/C18H26N4O4/c1-3-13(2)20-17(23)8-9-19-18(24)15-12-14(22(25)26)6-7-16(15)21-10-4-5-11-21/h6-7,12-13H,3-5,8-11H2,1-2H3,(H,19,24)(H,20,23). The SMILES string of the molecule is CCC(C)NC(=O)CCNC(=O)c1cc([N+](=O)[O-])ccc1N1CCCC1. The van der Waals surface area contributed by atoms with Gasteiger partial charge in [-0.1, -0.05) is 6.92 Å². The van der Waals surface area contributed by atoms with E-state index >= 15 is 0 Å². The number of nitrogens with zero attached hydrogens (tertiary/aromatic N) is 2. The van der Waals surface area contributed by atoms with Gasteiger partial charge in [0, 0.05) is 44.2 Å². The summed E-state index contributed by atoms with van der Waals surface area (Å²) in [4.78, 5) is 37.0. The van der Waals surface area contributed by atoms with E-state index in [1.54, 1.807) is 6.07 Å². The highest BCUT2D eigenvalue weighted by Gasteiger charge is 2.22. The average molecular weight is 362 g/mol. The number of anilines is 1. The lowest BCUT2D eigenvalue weighted by atomic mass is 10.1. The van der Waals surface area contributed by atoms with Crippen molar-refractivity contribution >= 4 is 23.2 Å². The molecular weight excluding hydrogens is 336 g/mol. The molecule has 0 bridgehead atoms. The monoisotopic (exact) mass is 362 g/mol. The van der Waals surface area contributed by atoms with E-state index in [1.807, 2.05) is 13.8 Å². The zero-order chi connectivity index (χ0) is 19.1. The van der Waals surface area contributed by atoms with Crippen LogP contribution in [-0.2, 0) is 4.79 Å². The number of amides is 2. The number of hydrogen-bond acceptors (Lipinski definition) is 5. The zero-order valence-corrected chi connectivity index (χ0v) is 15.3. The molecule has 1 fully saturated rings. The van der Waals surface area contributed by atoms with Crippen LogP contribution >= 0.6 is 0 Å². The fraction of sp³-hybridized carbons (Fsp3) is 0.556. The Hall–Kier alpha value is -2.64. The van der Waals surface area contributed by atoms with Crippen LogP contribution in [0, 0.1) is 10.1 Å². The third kappa shape index (κ3) is 5.18. The van der Waals surface area contributed by atoms with Gasteiger partial charge < -0.3 is 15.5 Å². The van der Waals surface area contributed by atoms with Crippen LogP contribution in [0.5, 0.6) is 0 Å². The highest BCUT2D eigenvalue weighted by Crippen LogP contribution is 2.28. The van der Waals surface area contributed by atoms with E-state index in [0.29, 0.717) is 5.69 Å². The molecule has 1 aliphatic rings. The van der Waals surface area contributed by atoms with Crippen LogP contribution in [0.1, 0.15) is 49.9 Å². The van der Waals surface area contributed by atoms with Crippen LogP contribution in [0.2, 0.25) is 0 Å². The number of hydrogen-bond donors (Lipinski definition) is 2. The molecule has 2 N–H and O–H groups in total. The van der Waals surface area contributed by atoms with Crippen molar-refractivity contribution in [3.8, 4) is 0 Å². The van der Waals surface area contributed by atoms with Gasteiger partial charge in [0.25, 0.3) is 11.6 Å². The quantitative estimate of drug-likeness (QED) is 0.545. The molecular formula is C18H26N4O4. The van der Waals surface area contributed by atoms with Gasteiger partial charge in [-0.2, -0.15) is 0 Å². The Balaban J connectivity index is 2.04. The first-order valence-corrected chi connectivity index (χ1v) is 9.03. The number of nitro benzene ring substituents is 1. The van der Waals surface area contributed by atoms with Crippen molar-refractivity contribution in [3.05, 3.63) is 33.9 Å². The molecule has 26 heavy (non-hydrogen) atoms. The lowest BCUT2D eigenvalue weighted by molar-refractivity contribution is -0.384. The third-order valence-corrected chi connectivity index (χ3v) is 4.54. The van der Waals surface area contributed by atoms with Crippen molar-refractivity contribution in [2.24, 2.45) is 0 Å². The van der Waals surface area contributed by atoms with E-state index in [0.717, 1.165) is 32.4 Å². The Morgan fingerprint density at radius 1 is 1.31 bits per heavy atom. The highest BCUT2D eigenvalue weighted by atomic mass is 16.6. The van der Waals surface area contributed by atoms with E-state index in [2.05, 4.69) is 15.5 Å². The Morgan fingerprint density at radius 3 is 2.62 bits per heavy atom. The second kappa shape index (κ2) is 9.17. The number of nitrogens with one attached hydrogen (secondary N) is 2. The normalized spacial score (nSPS) is 14.8. The van der Waals surface area contributed by atoms with Crippen molar-refractivity contribution in [2.75, 3.05) is 24.5 Å². The van der Waals surface area contributed by atoms with E-state index in [4.69, 9.17) is 0 Å². The summed E-state index contributed by atoms with van der Waals surface area (Å²) < 4.78 is 0. The van der Waals surface area contributed by atoms with Gasteiger partial charge in [0.05, 0.1) is 16.2 Å². The number of benzene rings is 1. The summed E-state index contributed by atoms with van der Waals surface area (Å²) in [5.74, 6) is -0.523. The second-order valence-corrected chi connectivity index (χ2v) is 6.54. The van der Waals surface area contributed by atoms with Gasteiger partial charge in [-0.15, -0.1) is 0 Å². The second-order valence-electron chi connectivity index (χ2n) is 6.54. The van der Waals surface area contributed by atoms with Gasteiger partial charge in [-0.25, -0.2) is 0 Å². The highest BCUT2D eigenvalue weighted by molar-refractivity contribution is 6.00. The third-order valence-electron chi connectivity index (χ3n) is 4.54. The first-order chi connectivity index (χ1) is 12.4. The molecule has 1 heterocycles. The number of carbonyl (C=O) groups excluding carboxylic acids is 2. The number of nitro groups is 1. The number of non-ortho nitro benzene ring substituents is 1. The van der Waals surface area contributed by atoms with Gasteiger partial charge >= 0.3 is 0 Å². The Bertz CT molecular complexity index is 671. The summed E-state index contributed by atoms with van der Waals surface area (Å²) in [5, 5.41) is 16.6. The first-order valence-electron chi connectivity index (χ1n) is 9.03. The minimum atomic E-state index is -0.510. The molecule has 0 aromatic heterocycles. The molecule has 0 radical (unpaired) electrons. The maximum absolute atomic E-state index is 12.6. The van der Waals surface area contributed by atoms with Gasteiger partial charge in [0.1, 0.15) is 0 Å². The molecule has 2 rings (SSSR count). The largest absolute Gasteiger partial charge is 0.371 e. The fourth-order valence-corrected chi connectivity index (χ4v) is 2.89. The van der Waals surface area contributed by atoms with E-state index in [9.17, 15) is 19.7 Å². The molecule has 1 aromatic carbocycles. The molecule has 0 spiro atoms. The zero-order valence-electron chi connectivity index (χ0n) is 15.3. The Kier molecular flexibility index (Phi) is 6.94. The minimum absolute atomic E-state index is 0.0942. The Labute approximate surface area is 153 Å². The summed E-state index contributed by atoms with van der Waals surface area (Å²) in [7, 11) is 0. The van der Waals surface area contributed by atoms with Gasteiger partial charge in [-0.05, 0) is 32.3 Å². The Morgan fingerprint density at radius 2 is 2.00 bits per heavy atom. The number of rotatable bonds is 8. The predicted octanol–water partition coefficient (Wildman–Crippen LogP) is 2.23. The summed E-state index contributed by atoms with van der Waals surface area (Å²) in [5.41, 5.74) is 0.866. The molecule has 1 aliphatic heterocycles. The lowest BCUT2D eigenvalue weighted by Gasteiger charge is -2.21. The van der Waals surface area contributed by atoms with Crippen LogP contribution in [0.15, 0.2) is 18.2 Å². The smallest absolute Gasteiger partial charge is 0.270 e.